The molecule has 122 valence electrons. The summed E-state index contributed by atoms with van der Waals surface area (Å²) in [6.45, 7) is 6.50. The van der Waals surface area contributed by atoms with Gasteiger partial charge in [0.15, 0.2) is 5.78 Å². The molecule has 0 aliphatic heterocycles. The summed E-state index contributed by atoms with van der Waals surface area (Å²) in [6, 6.07) is 6.21. The monoisotopic (exact) mass is 326 g/mol. The third-order valence-electron chi connectivity index (χ3n) is 2.74. The molecule has 1 N–H and O–H groups in total. The number of hydrogen-bond donors (Lipinski definition) is 1. The van der Waals surface area contributed by atoms with Crippen LogP contribution >= 0.6 is 0 Å². The van der Waals surface area contributed by atoms with E-state index in [1.807, 2.05) is 20.8 Å². The van der Waals surface area contributed by atoms with Crippen LogP contribution in [0.15, 0.2) is 24.3 Å². The molecule has 0 aromatic heterocycles. The zero-order chi connectivity index (χ0) is 17.1. The van der Waals surface area contributed by atoms with Crippen molar-refractivity contribution in [3.05, 3.63) is 29.8 Å². The molecule has 7 heteroatoms. The number of hydrogen-bond acceptors (Lipinski definition) is 4. The minimum absolute atomic E-state index is 0.172. The van der Waals surface area contributed by atoms with Crippen molar-refractivity contribution in [3.63, 3.8) is 0 Å². The third kappa shape index (κ3) is 5.48. The Labute approximate surface area is 131 Å². The van der Waals surface area contributed by atoms with Gasteiger partial charge in [-0.1, -0.05) is 12.1 Å². The number of rotatable bonds is 5. The highest BCUT2D eigenvalue weighted by Crippen LogP contribution is 2.19. The molecule has 1 amide bonds. The fourth-order valence-corrected chi connectivity index (χ4v) is 2.72. The summed E-state index contributed by atoms with van der Waals surface area (Å²) in [4.78, 5) is 23.5. The van der Waals surface area contributed by atoms with Crippen molar-refractivity contribution in [1.82, 2.24) is 5.32 Å². The Kier molecular flexibility index (Phi) is 5.35. The molecule has 0 radical (unpaired) electrons. The number of anilines is 1. The number of ketones is 1. The highest BCUT2D eigenvalue weighted by atomic mass is 32.2. The van der Waals surface area contributed by atoms with Crippen LogP contribution in [0.5, 0.6) is 0 Å². The van der Waals surface area contributed by atoms with Gasteiger partial charge in [-0.05, 0) is 39.8 Å². The van der Waals surface area contributed by atoms with Gasteiger partial charge in [0.25, 0.3) is 0 Å². The number of sulfonamides is 1. The highest BCUT2D eigenvalue weighted by molar-refractivity contribution is 7.92. The summed E-state index contributed by atoms with van der Waals surface area (Å²) in [7, 11) is -3.65. The van der Waals surface area contributed by atoms with Crippen molar-refractivity contribution >= 4 is 27.4 Å². The molecule has 0 atom stereocenters. The molecule has 0 fully saturated rings. The Morgan fingerprint density at radius 1 is 1.23 bits per heavy atom. The average Bonchev–Trinajstić information content (AvgIpc) is 2.32. The van der Waals surface area contributed by atoms with E-state index < -0.39 is 21.5 Å². The summed E-state index contributed by atoms with van der Waals surface area (Å²) in [5, 5.41) is 2.72. The first-order valence-corrected chi connectivity index (χ1v) is 8.65. The van der Waals surface area contributed by atoms with Crippen LogP contribution in [-0.2, 0) is 14.8 Å². The van der Waals surface area contributed by atoms with Crippen LogP contribution < -0.4 is 9.62 Å². The van der Waals surface area contributed by atoms with Gasteiger partial charge >= 0.3 is 0 Å². The molecule has 0 unspecified atom stereocenters. The van der Waals surface area contributed by atoms with Crippen LogP contribution in [0.3, 0.4) is 0 Å². The molecule has 0 bridgehead atoms. The van der Waals surface area contributed by atoms with Gasteiger partial charge in [0.2, 0.25) is 15.9 Å². The number of benzene rings is 1. The van der Waals surface area contributed by atoms with Crippen LogP contribution in [0, 0.1) is 0 Å². The average molecular weight is 326 g/mol. The van der Waals surface area contributed by atoms with Crippen molar-refractivity contribution in [2.24, 2.45) is 0 Å². The van der Waals surface area contributed by atoms with Crippen LogP contribution in [-0.4, -0.2) is 38.4 Å². The Hall–Kier alpha value is -1.89. The highest BCUT2D eigenvalue weighted by Gasteiger charge is 2.23. The smallest absolute Gasteiger partial charge is 0.241 e. The van der Waals surface area contributed by atoms with E-state index in [4.69, 9.17) is 0 Å². The van der Waals surface area contributed by atoms with Crippen LogP contribution in [0.25, 0.3) is 0 Å². The molecule has 0 aliphatic rings. The second-order valence-corrected chi connectivity index (χ2v) is 8.08. The van der Waals surface area contributed by atoms with Gasteiger partial charge in [0, 0.05) is 11.1 Å². The minimum atomic E-state index is -3.65. The second-order valence-electron chi connectivity index (χ2n) is 6.17. The summed E-state index contributed by atoms with van der Waals surface area (Å²) in [5.41, 5.74) is 0.225. The maximum atomic E-state index is 12.0. The zero-order valence-electron chi connectivity index (χ0n) is 13.5. The molecule has 0 spiro atoms. The molecule has 6 nitrogen and oxygen atoms in total. The molecular formula is C15H22N2O4S. The molecule has 1 aromatic rings. The Balaban J connectivity index is 3.13. The van der Waals surface area contributed by atoms with E-state index in [0.717, 1.165) is 10.6 Å². The van der Waals surface area contributed by atoms with Crippen molar-refractivity contribution in [2.45, 2.75) is 33.2 Å². The zero-order valence-corrected chi connectivity index (χ0v) is 14.3. The largest absolute Gasteiger partial charge is 0.350 e. The van der Waals surface area contributed by atoms with Crippen molar-refractivity contribution in [3.8, 4) is 0 Å². The summed E-state index contributed by atoms with van der Waals surface area (Å²) >= 11 is 0. The van der Waals surface area contributed by atoms with Crippen LogP contribution in [0.1, 0.15) is 38.1 Å². The van der Waals surface area contributed by atoms with Gasteiger partial charge in [0.05, 0.1) is 11.9 Å². The number of carbonyl (C=O) groups is 2. The Bertz CT molecular complexity index is 675. The van der Waals surface area contributed by atoms with E-state index in [1.54, 1.807) is 18.2 Å². The number of nitrogens with one attached hydrogen (secondary N) is 1. The lowest BCUT2D eigenvalue weighted by molar-refractivity contribution is -0.121. The maximum Gasteiger partial charge on any atom is 0.241 e. The topological polar surface area (TPSA) is 83.6 Å². The van der Waals surface area contributed by atoms with E-state index in [0.29, 0.717) is 11.3 Å². The predicted molar refractivity (Wildman–Crippen MR) is 86.5 cm³/mol. The van der Waals surface area contributed by atoms with E-state index in [9.17, 15) is 18.0 Å². The van der Waals surface area contributed by atoms with Gasteiger partial charge in [-0.25, -0.2) is 8.42 Å². The lowest BCUT2D eigenvalue weighted by atomic mass is 10.1. The Morgan fingerprint density at radius 3 is 2.27 bits per heavy atom. The first-order chi connectivity index (χ1) is 9.90. The first kappa shape index (κ1) is 18.2. The Morgan fingerprint density at radius 2 is 1.82 bits per heavy atom. The summed E-state index contributed by atoms with van der Waals surface area (Å²) in [5.74, 6) is -0.583. The van der Waals surface area contributed by atoms with Crippen molar-refractivity contribution in [2.75, 3.05) is 17.1 Å². The van der Waals surface area contributed by atoms with E-state index in [2.05, 4.69) is 5.32 Å². The standard InChI is InChI=1S/C15H22N2O4S/c1-11(18)12-7-6-8-13(9-12)17(22(5,20)21)10-14(19)16-15(2,3)4/h6-9H,10H2,1-5H3,(H,16,19). The number of carbonyl (C=O) groups excluding carboxylic acids is 2. The maximum absolute atomic E-state index is 12.0. The SMILES string of the molecule is CC(=O)c1cccc(N(CC(=O)NC(C)(C)C)S(C)(=O)=O)c1. The fraction of sp³-hybridized carbons (Fsp3) is 0.467. The molecule has 0 heterocycles. The van der Waals surface area contributed by atoms with Gasteiger partial charge in [-0.2, -0.15) is 0 Å². The third-order valence-corrected chi connectivity index (χ3v) is 3.88. The minimum Gasteiger partial charge on any atom is -0.350 e. The number of amides is 1. The first-order valence-electron chi connectivity index (χ1n) is 6.80. The van der Waals surface area contributed by atoms with Gasteiger partial charge in [0.1, 0.15) is 6.54 Å². The van der Waals surface area contributed by atoms with Gasteiger partial charge in [-0.3, -0.25) is 13.9 Å². The summed E-state index contributed by atoms with van der Waals surface area (Å²) in [6.07, 6.45) is 1.03. The van der Waals surface area contributed by atoms with Gasteiger partial charge < -0.3 is 5.32 Å². The van der Waals surface area contributed by atoms with Crippen LogP contribution in [0.2, 0.25) is 0 Å². The predicted octanol–water partition coefficient (Wildman–Crippen LogP) is 1.57. The van der Waals surface area contributed by atoms with E-state index in [-0.39, 0.29) is 12.3 Å². The molecular weight excluding hydrogens is 304 g/mol. The van der Waals surface area contributed by atoms with Crippen molar-refractivity contribution in [1.29, 1.82) is 0 Å². The fourth-order valence-electron chi connectivity index (χ4n) is 1.87. The lowest BCUT2D eigenvalue weighted by Gasteiger charge is -2.26. The van der Waals surface area contributed by atoms with Gasteiger partial charge in [-0.15, -0.1) is 0 Å². The number of nitrogens with zero attached hydrogens (tertiary/aromatic N) is 1. The molecule has 22 heavy (non-hydrogen) atoms. The second kappa shape index (κ2) is 6.48. The molecule has 0 saturated carbocycles. The normalized spacial score (nSPS) is 11.9. The lowest BCUT2D eigenvalue weighted by Crippen LogP contribution is -2.47. The molecule has 1 aromatic carbocycles. The van der Waals surface area contributed by atoms with E-state index >= 15 is 0 Å². The quantitative estimate of drug-likeness (QED) is 0.833. The molecule has 1 rings (SSSR count). The summed E-state index contributed by atoms with van der Waals surface area (Å²) < 4.78 is 24.9. The number of Topliss-reactive ketones (excluding diaryl/α,β-unsaturated/α-hetero) is 1. The van der Waals surface area contributed by atoms with Crippen LogP contribution in [0.4, 0.5) is 5.69 Å². The van der Waals surface area contributed by atoms with Crippen molar-refractivity contribution < 1.29 is 18.0 Å². The molecule has 0 saturated heterocycles. The van der Waals surface area contributed by atoms with E-state index in [1.165, 1.54) is 13.0 Å². The molecule has 0 aliphatic carbocycles.